The topological polar surface area (TPSA) is 61.7 Å². The van der Waals surface area contributed by atoms with Gasteiger partial charge in [0, 0.05) is 49.8 Å². The van der Waals surface area contributed by atoms with Crippen molar-refractivity contribution in [1.82, 2.24) is 9.97 Å². The minimum Gasteiger partial charge on any atom is -0.385 e. The number of anilines is 2. The van der Waals surface area contributed by atoms with Gasteiger partial charge in [-0.1, -0.05) is 12.1 Å². The Hall–Kier alpha value is -2.25. The van der Waals surface area contributed by atoms with Gasteiger partial charge >= 0.3 is 0 Å². The van der Waals surface area contributed by atoms with Crippen molar-refractivity contribution in [2.75, 3.05) is 36.1 Å². The number of rotatable bonds is 3. The number of ether oxygens (including phenoxy) is 1. The minimum atomic E-state index is -0.999. The lowest BCUT2D eigenvalue weighted by molar-refractivity contribution is -0.00362. The molecular weight excluding hydrogens is 371 g/mol. The third kappa shape index (κ3) is 3.46. The van der Waals surface area contributed by atoms with Crippen molar-refractivity contribution in [2.45, 2.75) is 50.3 Å². The van der Waals surface area contributed by atoms with Crippen molar-refractivity contribution < 1.29 is 14.2 Å². The quantitative estimate of drug-likeness (QED) is 0.858. The Morgan fingerprint density at radius 3 is 2.52 bits per heavy atom. The molecule has 6 nitrogen and oxygen atoms in total. The Kier molecular flexibility index (Phi) is 4.67. The third-order valence-electron chi connectivity index (χ3n) is 6.52. The summed E-state index contributed by atoms with van der Waals surface area (Å²) in [5, 5.41) is 11.4. The van der Waals surface area contributed by atoms with Crippen molar-refractivity contribution in [3.63, 3.8) is 0 Å². The molecule has 0 radical (unpaired) electrons. The van der Waals surface area contributed by atoms with E-state index in [1.165, 1.54) is 12.1 Å². The SMILES string of the molecule is Cc1cc(N2CCOCC2)nc(N2C3CCC2CC(O)(c2cccc(F)c2)C3)n1. The number of halogens is 1. The number of piperidine rings is 1. The molecular formula is C22H27FN4O2. The number of hydrogen-bond acceptors (Lipinski definition) is 6. The molecule has 2 aromatic rings. The highest BCUT2D eigenvalue weighted by Gasteiger charge is 2.49. The van der Waals surface area contributed by atoms with Gasteiger partial charge < -0.3 is 19.6 Å². The molecule has 0 aliphatic carbocycles. The van der Waals surface area contributed by atoms with Crippen molar-refractivity contribution in [3.05, 3.63) is 47.4 Å². The van der Waals surface area contributed by atoms with Gasteiger partial charge in [0.2, 0.25) is 5.95 Å². The molecule has 0 amide bonds. The van der Waals surface area contributed by atoms with E-state index in [2.05, 4.69) is 9.80 Å². The number of aromatic nitrogens is 2. The fourth-order valence-corrected chi connectivity index (χ4v) is 5.17. The first kappa shape index (κ1) is 18.8. The molecule has 2 bridgehead atoms. The first-order valence-corrected chi connectivity index (χ1v) is 10.5. The van der Waals surface area contributed by atoms with Crippen molar-refractivity contribution >= 4 is 11.8 Å². The normalized spacial score (nSPS) is 29.3. The molecule has 7 heteroatoms. The number of fused-ring (bicyclic) bond motifs is 2. The molecule has 3 aliphatic rings. The minimum absolute atomic E-state index is 0.154. The van der Waals surface area contributed by atoms with Crippen molar-refractivity contribution in [2.24, 2.45) is 0 Å². The third-order valence-corrected chi connectivity index (χ3v) is 6.52. The van der Waals surface area contributed by atoms with Crippen LogP contribution in [-0.2, 0) is 10.3 Å². The van der Waals surface area contributed by atoms with Gasteiger partial charge in [-0.15, -0.1) is 0 Å². The molecule has 2 atom stereocenters. The maximum Gasteiger partial charge on any atom is 0.228 e. The average Bonchev–Trinajstić information content (AvgIpc) is 3.00. The number of nitrogens with zero attached hydrogens (tertiary/aromatic N) is 4. The average molecular weight is 398 g/mol. The zero-order valence-electron chi connectivity index (χ0n) is 16.7. The summed E-state index contributed by atoms with van der Waals surface area (Å²) in [6.07, 6.45) is 3.12. The van der Waals surface area contributed by atoms with E-state index >= 15 is 0 Å². The van der Waals surface area contributed by atoms with Gasteiger partial charge in [-0.25, -0.2) is 9.37 Å². The van der Waals surface area contributed by atoms with Gasteiger partial charge in [-0.3, -0.25) is 0 Å². The highest BCUT2D eigenvalue weighted by molar-refractivity contribution is 5.49. The van der Waals surface area contributed by atoms with Gasteiger partial charge in [-0.2, -0.15) is 4.98 Å². The Labute approximate surface area is 170 Å². The highest BCUT2D eigenvalue weighted by Crippen LogP contribution is 2.47. The fourth-order valence-electron chi connectivity index (χ4n) is 5.17. The van der Waals surface area contributed by atoms with Crippen molar-refractivity contribution in [3.8, 4) is 0 Å². The molecule has 154 valence electrons. The lowest BCUT2D eigenvalue weighted by Crippen LogP contribution is -2.50. The van der Waals surface area contributed by atoms with Gasteiger partial charge in [0.05, 0.1) is 18.8 Å². The van der Waals surface area contributed by atoms with Gasteiger partial charge in [-0.05, 0) is 37.5 Å². The first-order chi connectivity index (χ1) is 14.0. The van der Waals surface area contributed by atoms with Crippen LogP contribution in [0.3, 0.4) is 0 Å². The van der Waals surface area contributed by atoms with Crippen LogP contribution in [0.2, 0.25) is 0 Å². The molecule has 1 aromatic heterocycles. The summed E-state index contributed by atoms with van der Waals surface area (Å²) in [6.45, 7) is 5.11. The molecule has 5 rings (SSSR count). The molecule has 1 aromatic carbocycles. The standard InChI is InChI=1S/C22H27FN4O2/c1-15-11-20(26-7-9-29-10-8-26)25-21(24-15)27-18-5-6-19(27)14-22(28,13-18)16-3-2-4-17(23)12-16/h2-4,11-12,18-19,28H,5-10,13-14H2,1H3. The summed E-state index contributed by atoms with van der Waals surface area (Å²) in [4.78, 5) is 14.2. The highest BCUT2D eigenvalue weighted by atomic mass is 19.1. The van der Waals surface area contributed by atoms with E-state index in [0.717, 1.165) is 43.4 Å². The first-order valence-electron chi connectivity index (χ1n) is 10.5. The van der Waals surface area contributed by atoms with Gasteiger partial charge in [0.15, 0.2) is 0 Å². The summed E-state index contributed by atoms with van der Waals surface area (Å²) in [6, 6.07) is 8.73. The Morgan fingerprint density at radius 1 is 1.10 bits per heavy atom. The van der Waals surface area contributed by atoms with E-state index in [1.54, 1.807) is 6.07 Å². The summed E-state index contributed by atoms with van der Waals surface area (Å²) in [5.41, 5.74) is 0.622. The lowest BCUT2D eigenvalue weighted by atomic mass is 9.80. The van der Waals surface area contributed by atoms with Crippen LogP contribution >= 0.6 is 0 Å². The Morgan fingerprint density at radius 2 is 1.83 bits per heavy atom. The molecule has 3 aliphatic heterocycles. The van der Waals surface area contributed by atoms with E-state index in [-0.39, 0.29) is 17.9 Å². The maximum atomic E-state index is 13.8. The lowest BCUT2D eigenvalue weighted by Gasteiger charge is -2.44. The second-order valence-electron chi connectivity index (χ2n) is 8.51. The number of aryl methyl sites for hydroxylation is 1. The Bertz CT molecular complexity index is 888. The van der Waals surface area contributed by atoms with Crippen LogP contribution in [0.15, 0.2) is 30.3 Å². The van der Waals surface area contributed by atoms with Crippen LogP contribution in [0.1, 0.15) is 36.9 Å². The molecule has 29 heavy (non-hydrogen) atoms. The van der Waals surface area contributed by atoms with Gasteiger partial charge in [0.1, 0.15) is 11.6 Å². The van der Waals surface area contributed by atoms with Crippen LogP contribution in [-0.4, -0.2) is 53.5 Å². The second-order valence-corrected chi connectivity index (χ2v) is 8.51. The van der Waals surface area contributed by atoms with E-state index in [9.17, 15) is 9.50 Å². The summed E-state index contributed by atoms with van der Waals surface area (Å²) < 4.78 is 19.2. The maximum absolute atomic E-state index is 13.8. The largest absolute Gasteiger partial charge is 0.385 e. The number of benzene rings is 1. The molecule has 0 spiro atoms. The predicted octanol–water partition coefficient (Wildman–Crippen LogP) is 2.78. The van der Waals surface area contributed by atoms with Crippen LogP contribution in [0.5, 0.6) is 0 Å². The van der Waals surface area contributed by atoms with E-state index in [4.69, 9.17) is 14.7 Å². The molecule has 4 heterocycles. The number of hydrogen-bond donors (Lipinski definition) is 1. The van der Waals surface area contributed by atoms with Crippen LogP contribution in [0, 0.1) is 12.7 Å². The van der Waals surface area contributed by atoms with Gasteiger partial charge in [0.25, 0.3) is 0 Å². The summed E-state index contributed by atoms with van der Waals surface area (Å²) in [7, 11) is 0. The van der Waals surface area contributed by atoms with Crippen LogP contribution < -0.4 is 9.80 Å². The smallest absolute Gasteiger partial charge is 0.228 e. The van der Waals surface area contributed by atoms with Crippen LogP contribution in [0.4, 0.5) is 16.2 Å². The number of aliphatic hydroxyl groups is 1. The number of morpholine rings is 1. The fraction of sp³-hybridized carbons (Fsp3) is 0.545. The molecule has 2 unspecified atom stereocenters. The molecule has 1 N–H and O–H groups in total. The zero-order chi connectivity index (χ0) is 20.0. The zero-order valence-corrected chi connectivity index (χ0v) is 16.7. The van der Waals surface area contributed by atoms with E-state index < -0.39 is 5.60 Å². The molecule has 0 saturated carbocycles. The summed E-state index contributed by atoms with van der Waals surface area (Å²) >= 11 is 0. The van der Waals surface area contributed by atoms with Crippen LogP contribution in [0.25, 0.3) is 0 Å². The molecule has 3 saturated heterocycles. The second kappa shape index (κ2) is 7.22. The van der Waals surface area contributed by atoms with E-state index in [0.29, 0.717) is 31.6 Å². The Balaban J connectivity index is 1.43. The molecule has 3 fully saturated rings. The van der Waals surface area contributed by atoms with Crippen molar-refractivity contribution in [1.29, 1.82) is 0 Å². The monoisotopic (exact) mass is 398 g/mol. The summed E-state index contributed by atoms with van der Waals surface area (Å²) in [5.74, 6) is 1.39. The van der Waals surface area contributed by atoms with E-state index in [1.807, 2.05) is 19.1 Å². The predicted molar refractivity (Wildman–Crippen MR) is 109 cm³/mol.